The summed E-state index contributed by atoms with van der Waals surface area (Å²) in [6.45, 7) is 0.256. The molecule has 0 radical (unpaired) electrons. The third-order valence-corrected chi connectivity index (χ3v) is 6.69. The van der Waals surface area contributed by atoms with Crippen molar-refractivity contribution in [2.45, 2.75) is 6.61 Å². The second kappa shape index (κ2) is 11.3. The Balaban J connectivity index is 1.45. The van der Waals surface area contributed by atoms with Gasteiger partial charge in [0, 0.05) is 0 Å². The van der Waals surface area contributed by atoms with E-state index < -0.39 is 5.91 Å². The van der Waals surface area contributed by atoms with Gasteiger partial charge < -0.3 is 9.47 Å². The van der Waals surface area contributed by atoms with E-state index in [0.717, 1.165) is 16.3 Å². The number of rotatable bonds is 7. The highest BCUT2D eigenvalue weighted by Gasteiger charge is 2.14. The molecule has 1 amide bonds. The minimum atomic E-state index is -0.393. The first-order valence-corrected chi connectivity index (χ1v) is 12.2. The number of halogens is 4. The number of nitrogens with zero attached hydrogens (tertiary/aromatic N) is 1. The molecule has 0 unspecified atom stereocenters. The molecule has 0 saturated heterocycles. The summed E-state index contributed by atoms with van der Waals surface area (Å²) in [5, 5.41) is 7.28. The van der Waals surface area contributed by atoms with Crippen molar-refractivity contribution in [3.8, 4) is 11.5 Å². The smallest absolute Gasteiger partial charge is 0.275 e. The summed E-state index contributed by atoms with van der Waals surface area (Å²) in [5.41, 5.74) is 4.43. The summed E-state index contributed by atoms with van der Waals surface area (Å²) in [5.74, 6) is 0.543. The van der Waals surface area contributed by atoms with Gasteiger partial charge in [-0.2, -0.15) is 5.10 Å². The largest absolute Gasteiger partial charge is 0.496 e. The fourth-order valence-electron chi connectivity index (χ4n) is 3.37. The Morgan fingerprint density at radius 3 is 2.40 bits per heavy atom. The zero-order valence-corrected chi connectivity index (χ0v) is 22.2. The molecule has 0 fully saturated rings. The quantitative estimate of drug-likeness (QED) is 0.175. The average Bonchev–Trinajstić information content (AvgIpc) is 2.84. The van der Waals surface area contributed by atoms with Gasteiger partial charge in [0.15, 0.2) is 5.75 Å². The van der Waals surface area contributed by atoms with E-state index in [0.29, 0.717) is 42.2 Å². The fourth-order valence-corrected chi connectivity index (χ4v) is 4.68. The zero-order chi connectivity index (χ0) is 24.9. The van der Waals surface area contributed by atoms with Gasteiger partial charge in [-0.3, -0.25) is 4.79 Å². The van der Waals surface area contributed by atoms with E-state index in [-0.39, 0.29) is 6.61 Å². The van der Waals surface area contributed by atoms with E-state index in [2.05, 4.69) is 26.5 Å². The lowest BCUT2D eigenvalue weighted by atomic mass is 10.1. The van der Waals surface area contributed by atoms with E-state index in [4.69, 9.17) is 44.3 Å². The summed E-state index contributed by atoms with van der Waals surface area (Å²) in [6.07, 6.45) is 1.49. The molecule has 4 aromatic carbocycles. The third kappa shape index (κ3) is 6.08. The van der Waals surface area contributed by atoms with Crippen LogP contribution in [0.3, 0.4) is 0 Å². The Morgan fingerprint density at radius 2 is 1.71 bits per heavy atom. The van der Waals surface area contributed by atoms with Crippen molar-refractivity contribution in [2.24, 2.45) is 5.10 Å². The van der Waals surface area contributed by atoms with Gasteiger partial charge in [0.05, 0.1) is 38.4 Å². The molecule has 0 aromatic heterocycles. The molecule has 0 saturated carbocycles. The molecule has 0 aliphatic heterocycles. The van der Waals surface area contributed by atoms with Crippen LogP contribution in [0.1, 0.15) is 21.5 Å². The maximum Gasteiger partial charge on any atom is 0.275 e. The molecular formula is C26H18BrCl3N2O3. The normalized spacial score (nSPS) is 11.1. The lowest BCUT2D eigenvalue weighted by Gasteiger charge is -2.12. The highest BCUT2D eigenvalue weighted by atomic mass is 79.9. The maximum atomic E-state index is 12.7. The van der Waals surface area contributed by atoms with Crippen molar-refractivity contribution < 1.29 is 14.3 Å². The summed E-state index contributed by atoms with van der Waals surface area (Å²) in [4.78, 5) is 12.7. The summed E-state index contributed by atoms with van der Waals surface area (Å²) >= 11 is 21.9. The topological polar surface area (TPSA) is 59.9 Å². The van der Waals surface area contributed by atoms with Crippen LogP contribution in [0.15, 0.2) is 76.3 Å². The number of hydrazone groups is 1. The number of benzene rings is 4. The highest BCUT2D eigenvalue weighted by molar-refractivity contribution is 9.10. The first kappa shape index (κ1) is 25.3. The van der Waals surface area contributed by atoms with Crippen molar-refractivity contribution >= 4 is 73.6 Å². The van der Waals surface area contributed by atoms with Crippen molar-refractivity contribution in [3.05, 3.63) is 103 Å². The predicted molar refractivity (Wildman–Crippen MR) is 146 cm³/mol. The van der Waals surface area contributed by atoms with Crippen LogP contribution in [-0.4, -0.2) is 19.2 Å². The molecule has 0 aliphatic rings. The number of ether oxygens (including phenoxy) is 2. The number of amides is 1. The van der Waals surface area contributed by atoms with Gasteiger partial charge in [-0.25, -0.2) is 5.43 Å². The zero-order valence-electron chi connectivity index (χ0n) is 18.3. The maximum absolute atomic E-state index is 12.7. The van der Waals surface area contributed by atoms with Crippen LogP contribution in [0, 0.1) is 0 Å². The summed E-state index contributed by atoms with van der Waals surface area (Å²) in [7, 11) is 1.52. The molecule has 0 atom stereocenters. The Hall–Kier alpha value is -2.77. The number of fused-ring (bicyclic) bond motifs is 1. The number of hydrogen-bond acceptors (Lipinski definition) is 4. The standard InChI is InChI=1S/C26H18BrCl3N2O3/c1-34-24-12-18-5-3-2-4-17(18)11-19(24)26(33)32-31-13-16-8-20(27)25(23(30)10-16)35-14-15-6-7-21(28)22(29)9-15/h2-13H,14H2,1H3,(H,32,33)/b31-13-. The van der Waals surface area contributed by atoms with Gasteiger partial charge in [0.1, 0.15) is 12.4 Å². The number of methoxy groups -OCH3 is 1. The molecule has 0 heterocycles. The summed E-state index contributed by atoms with van der Waals surface area (Å²) in [6, 6.07) is 20.0. The van der Waals surface area contributed by atoms with Crippen molar-refractivity contribution in [1.29, 1.82) is 0 Å². The van der Waals surface area contributed by atoms with Crippen molar-refractivity contribution in [1.82, 2.24) is 5.43 Å². The van der Waals surface area contributed by atoms with Crippen LogP contribution in [0.25, 0.3) is 10.8 Å². The van der Waals surface area contributed by atoms with Crippen LogP contribution in [0.5, 0.6) is 11.5 Å². The van der Waals surface area contributed by atoms with E-state index in [1.54, 1.807) is 30.3 Å². The predicted octanol–water partition coefficient (Wildman–Crippen LogP) is 7.91. The number of hydrogen-bond donors (Lipinski definition) is 1. The Bertz CT molecular complexity index is 1420. The molecule has 35 heavy (non-hydrogen) atoms. The second-order valence-corrected chi connectivity index (χ2v) is 9.53. The van der Waals surface area contributed by atoms with Gasteiger partial charge in [0.25, 0.3) is 5.91 Å². The van der Waals surface area contributed by atoms with E-state index in [1.807, 2.05) is 36.4 Å². The van der Waals surface area contributed by atoms with Crippen LogP contribution in [0.4, 0.5) is 0 Å². The Kier molecular flexibility index (Phi) is 8.19. The van der Waals surface area contributed by atoms with Crippen LogP contribution >= 0.6 is 50.7 Å². The Morgan fingerprint density at radius 1 is 0.971 bits per heavy atom. The first-order chi connectivity index (χ1) is 16.9. The van der Waals surface area contributed by atoms with Crippen molar-refractivity contribution in [3.63, 3.8) is 0 Å². The molecule has 4 aromatic rings. The molecule has 5 nitrogen and oxygen atoms in total. The van der Waals surface area contributed by atoms with Crippen LogP contribution in [0.2, 0.25) is 15.1 Å². The van der Waals surface area contributed by atoms with Gasteiger partial charge >= 0.3 is 0 Å². The van der Waals surface area contributed by atoms with E-state index >= 15 is 0 Å². The fraction of sp³-hybridized carbons (Fsp3) is 0.0769. The second-order valence-electron chi connectivity index (χ2n) is 7.45. The van der Waals surface area contributed by atoms with E-state index in [1.165, 1.54) is 13.3 Å². The first-order valence-electron chi connectivity index (χ1n) is 10.3. The van der Waals surface area contributed by atoms with Crippen molar-refractivity contribution in [2.75, 3.05) is 7.11 Å². The molecule has 178 valence electrons. The van der Waals surface area contributed by atoms with Gasteiger partial charge in [-0.05, 0) is 74.2 Å². The highest BCUT2D eigenvalue weighted by Crippen LogP contribution is 2.35. The molecule has 0 spiro atoms. The third-order valence-electron chi connectivity index (χ3n) is 5.08. The minimum absolute atomic E-state index is 0.256. The van der Waals surface area contributed by atoms with Gasteiger partial charge in [-0.1, -0.05) is 65.1 Å². The average molecular weight is 593 g/mol. The molecular weight excluding hydrogens is 575 g/mol. The van der Waals surface area contributed by atoms with Crippen LogP contribution < -0.4 is 14.9 Å². The molecule has 0 aliphatic carbocycles. The SMILES string of the molecule is COc1cc2ccccc2cc1C(=O)N/N=C\c1cc(Cl)c(OCc2ccc(Cl)c(Cl)c2)c(Br)c1. The molecule has 9 heteroatoms. The lowest BCUT2D eigenvalue weighted by molar-refractivity contribution is 0.0952. The number of carbonyl (C=O) groups is 1. The number of nitrogens with one attached hydrogen (secondary N) is 1. The van der Waals surface area contributed by atoms with Gasteiger partial charge in [0.2, 0.25) is 0 Å². The summed E-state index contributed by atoms with van der Waals surface area (Å²) < 4.78 is 11.9. The Labute approximate surface area is 225 Å². The molecule has 0 bridgehead atoms. The molecule has 4 rings (SSSR count). The minimum Gasteiger partial charge on any atom is -0.496 e. The van der Waals surface area contributed by atoms with E-state index in [9.17, 15) is 4.79 Å². The number of carbonyl (C=O) groups excluding carboxylic acids is 1. The molecule has 1 N–H and O–H groups in total. The monoisotopic (exact) mass is 590 g/mol. The van der Waals surface area contributed by atoms with Gasteiger partial charge in [-0.15, -0.1) is 0 Å². The van der Waals surface area contributed by atoms with Crippen LogP contribution in [-0.2, 0) is 6.61 Å². The lowest BCUT2D eigenvalue weighted by Crippen LogP contribution is -2.18.